The maximum atomic E-state index is 12.0. The number of hydrogen-bond donors (Lipinski definition) is 1. The minimum Gasteiger partial charge on any atom is -0.381 e. The molecule has 0 aromatic rings. The second-order valence-electron chi connectivity index (χ2n) is 7.60. The number of amides is 1. The number of nitrogens with one attached hydrogen (secondary N) is 1. The lowest BCUT2D eigenvalue weighted by molar-refractivity contribution is -0.126. The van der Waals surface area contributed by atoms with Crippen LogP contribution < -0.4 is 5.32 Å². The molecule has 0 aromatic carbocycles. The first kappa shape index (κ1) is 15.3. The molecule has 2 aliphatic heterocycles. The summed E-state index contributed by atoms with van der Waals surface area (Å²) in [6.45, 7) is 8.46. The van der Waals surface area contributed by atoms with Gasteiger partial charge in [0.1, 0.15) is 0 Å². The summed E-state index contributed by atoms with van der Waals surface area (Å²) in [5, 5.41) is 3.17. The predicted octanol–water partition coefficient (Wildman–Crippen LogP) is 2.04. The lowest BCUT2D eigenvalue weighted by Gasteiger charge is -2.35. The molecule has 4 heteroatoms. The third-order valence-electron chi connectivity index (χ3n) is 5.58. The van der Waals surface area contributed by atoms with E-state index in [-0.39, 0.29) is 11.3 Å². The molecule has 0 aromatic heterocycles. The van der Waals surface area contributed by atoms with Gasteiger partial charge in [-0.05, 0) is 63.5 Å². The number of carbonyl (C=O) groups excluding carboxylic acids is 1. The molecular weight excluding hydrogens is 264 g/mol. The molecule has 3 rings (SSSR count). The summed E-state index contributed by atoms with van der Waals surface area (Å²) in [5.74, 6) is 1.70. The molecule has 21 heavy (non-hydrogen) atoms. The van der Waals surface area contributed by atoms with E-state index in [2.05, 4.69) is 17.1 Å². The van der Waals surface area contributed by atoms with Crippen molar-refractivity contribution in [2.45, 2.75) is 45.4 Å². The van der Waals surface area contributed by atoms with Gasteiger partial charge in [0.25, 0.3) is 0 Å². The number of rotatable bonds is 5. The first-order chi connectivity index (χ1) is 10.2. The second-order valence-corrected chi connectivity index (χ2v) is 7.60. The molecule has 1 N–H and O–H groups in total. The van der Waals surface area contributed by atoms with Crippen molar-refractivity contribution in [2.75, 3.05) is 39.4 Å². The standard InChI is InChI=1S/C17H30N2O2/c1-17(6-7-17)16(20)18-11-14-4-8-19(9-5-14)12-15-3-2-10-21-13-15/h14-15H,2-13H2,1H3,(H,18,20). The predicted molar refractivity (Wildman–Crippen MR) is 83.1 cm³/mol. The largest absolute Gasteiger partial charge is 0.381 e. The molecule has 4 nitrogen and oxygen atoms in total. The van der Waals surface area contributed by atoms with E-state index in [0.29, 0.717) is 5.92 Å². The van der Waals surface area contributed by atoms with Gasteiger partial charge in [-0.15, -0.1) is 0 Å². The van der Waals surface area contributed by atoms with E-state index in [1.165, 1.54) is 45.3 Å². The van der Waals surface area contributed by atoms with Crippen LogP contribution in [-0.4, -0.2) is 50.2 Å². The summed E-state index contributed by atoms with van der Waals surface area (Å²) < 4.78 is 5.57. The van der Waals surface area contributed by atoms with Crippen LogP contribution >= 0.6 is 0 Å². The normalized spacial score (nSPS) is 30.0. The number of carbonyl (C=O) groups is 1. The van der Waals surface area contributed by atoms with Crippen molar-refractivity contribution in [3.8, 4) is 0 Å². The van der Waals surface area contributed by atoms with Gasteiger partial charge in [-0.25, -0.2) is 0 Å². The van der Waals surface area contributed by atoms with Crippen molar-refractivity contribution >= 4 is 5.91 Å². The zero-order valence-electron chi connectivity index (χ0n) is 13.4. The molecule has 0 spiro atoms. The van der Waals surface area contributed by atoms with E-state index in [1.54, 1.807) is 0 Å². The van der Waals surface area contributed by atoms with Gasteiger partial charge < -0.3 is 15.0 Å². The van der Waals surface area contributed by atoms with Gasteiger partial charge in [-0.1, -0.05) is 6.92 Å². The Bertz CT molecular complexity index is 354. The van der Waals surface area contributed by atoms with Crippen LogP contribution in [0.1, 0.15) is 45.4 Å². The van der Waals surface area contributed by atoms with Crippen molar-refractivity contribution in [1.29, 1.82) is 0 Å². The van der Waals surface area contributed by atoms with Crippen molar-refractivity contribution in [3.63, 3.8) is 0 Å². The topological polar surface area (TPSA) is 41.6 Å². The van der Waals surface area contributed by atoms with Crippen molar-refractivity contribution < 1.29 is 9.53 Å². The van der Waals surface area contributed by atoms with Crippen molar-refractivity contribution in [3.05, 3.63) is 0 Å². The summed E-state index contributed by atoms with van der Waals surface area (Å²) in [6, 6.07) is 0. The van der Waals surface area contributed by atoms with Gasteiger partial charge in [0.15, 0.2) is 0 Å². The van der Waals surface area contributed by atoms with Crippen LogP contribution in [0.4, 0.5) is 0 Å². The maximum absolute atomic E-state index is 12.0. The molecule has 2 heterocycles. The van der Waals surface area contributed by atoms with Gasteiger partial charge in [0.05, 0.1) is 6.61 Å². The molecule has 1 unspecified atom stereocenters. The van der Waals surface area contributed by atoms with Gasteiger partial charge in [0, 0.05) is 25.1 Å². The number of likely N-dealkylation sites (tertiary alicyclic amines) is 1. The SMILES string of the molecule is CC1(C(=O)NCC2CCN(CC3CCCOC3)CC2)CC1. The molecular formula is C17H30N2O2. The summed E-state index contributed by atoms with van der Waals surface area (Å²) in [7, 11) is 0. The minimum absolute atomic E-state index is 0.0261. The Labute approximate surface area is 128 Å². The fraction of sp³-hybridized carbons (Fsp3) is 0.941. The fourth-order valence-electron chi connectivity index (χ4n) is 3.55. The molecule has 3 fully saturated rings. The Morgan fingerprint density at radius 3 is 2.62 bits per heavy atom. The Kier molecular flexibility index (Phi) is 4.85. The van der Waals surface area contributed by atoms with Gasteiger partial charge >= 0.3 is 0 Å². The third-order valence-corrected chi connectivity index (χ3v) is 5.58. The van der Waals surface area contributed by atoms with Crippen LogP contribution in [0, 0.1) is 17.3 Å². The first-order valence-corrected chi connectivity index (χ1v) is 8.74. The fourth-order valence-corrected chi connectivity index (χ4v) is 3.55. The van der Waals surface area contributed by atoms with E-state index in [4.69, 9.17) is 4.74 Å². The van der Waals surface area contributed by atoms with E-state index >= 15 is 0 Å². The highest BCUT2D eigenvalue weighted by Crippen LogP contribution is 2.45. The zero-order valence-corrected chi connectivity index (χ0v) is 13.4. The van der Waals surface area contributed by atoms with Crippen molar-refractivity contribution in [2.24, 2.45) is 17.3 Å². The minimum atomic E-state index is -0.0261. The van der Waals surface area contributed by atoms with Crippen LogP contribution in [0.25, 0.3) is 0 Å². The summed E-state index contributed by atoms with van der Waals surface area (Å²) in [6.07, 6.45) is 7.15. The Hall–Kier alpha value is -0.610. The number of piperidine rings is 1. The van der Waals surface area contributed by atoms with Gasteiger partial charge in [0.2, 0.25) is 5.91 Å². The number of ether oxygens (including phenoxy) is 1. The van der Waals surface area contributed by atoms with E-state index in [1.807, 2.05) is 0 Å². The quantitative estimate of drug-likeness (QED) is 0.843. The summed E-state index contributed by atoms with van der Waals surface area (Å²) in [4.78, 5) is 14.6. The summed E-state index contributed by atoms with van der Waals surface area (Å²) >= 11 is 0. The second kappa shape index (κ2) is 6.66. The Morgan fingerprint density at radius 1 is 1.24 bits per heavy atom. The zero-order chi connectivity index (χ0) is 14.7. The molecule has 0 bridgehead atoms. The van der Waals surface area contributed by atoms with E-state index in [9.17, 15) is 4.79 Å². The molecule has 3 aliphatic rings. The monoisotopic (exact) mass is 294 g/mol. The Balaban J connectivity index is 1.32. The Morgan fingerprint density at radius 2 is 2.00 bits per heavy atom. The molecule has 120 valence electrons. The van der Waals surface area contributed by atoms with Crippen LogP contribution in [0.15, 0.2) is 0 Å². The highest BCUT2D eigenvalue weighted by Gasteiger charge is 2.44. The molecule has 1 atom stereocenters. The average molecular weight is 294 g/mol. The lowest BCUT2D eigenvalue weighted by atomic mass is 9.94. The van der Waals surface area contributed by atoms with Crippen LogP contribution in [-0.2, 0) is 9.53 Å². The highest BCUT2D eigenvalue weighted by atomic mass is 16.5. The molecule has 1 amide bonds. The van der Waals surface area contributed by atoms with Crippen LogP contribution in [0.3, 0.4) is 0 Å². The molecule has 1 saturated carbocycles. The van der Waals surface area contributed by atoms with Gasteiger partial charge in [-0.3, -0.25) is 4.79 Å². The summed E-state index contributed by atoms with van der Waals surface area (Å²) in [5.41, 5.74) is -0.0261. The smallest absolute Gasteiger partial charge is 0.225 e. The van der Waals surface area contributed by atoms with Crippen LogP contribution in [0.5, 0.6) is 0 Å². The van der Waals surface area contributed by atoms with Gasteiger partial charge in [-0.2, -0.15) is 0 Å². The lowest BCUT2D eigenvalue weighted by Crippen LogP contribution is -2.42. The molecule has 2 saturated heterocycles. The van der Waals surface area contributed by atoms with E-state index < -0.39 is 0 Å². The van der Waals surface area contributed by atoms with Crippen molar-refractivity contribution in [1.82, 2.24) is 10.2 Å². The first-order valence-electron chi connectivity index (χ1n) is 8.74. The molecule has 0 radical (unpaired) electrons. The average Bonchev–Trinajstić information content (AvgIpc) is 3.26. The number of hydrogen-bond acceptors (Lipinski definition) is 3. The number of nitrogens with zero attached hydrogens (tertiary/aromatic N) is 1. The van der Waals surface area contributed by atoms with E-state index in [0.717, 1.165) is 38.5 Å². The molecule has 1 aliphatic carbocycles. The maximum Gasteiger partial charge on any atom is 0.225 e. The van der Waals surface area contributed by atoms with Crippen LogP contribution in [0.2, 0.25) is 0 Å². The third kappa shape index (κ3) is 4.19. The highest BCUT2D eigenvalue weighted by molar-refractivity contribution is 5.84.